The second-order valence-electron chi connectivity index (χ2n) is 7.36. The first kappa shape index (κ1) is 21.1. The van der Waals surface area contributed by atoms with E-state index < -0.39 is 5.97 Å². The number of ether oxygens (including phenoxy) is 2. The van der Waals surface area contributed by atoms with Crippen molar-refractivity contribution in [2.45, 2.75) is 26.2 Å². The summed E-state index contributed by atoms with van der Waals surface area (Å²) in [5.41, 5.74) is 4.94. The molecule has 31 heavy (non-hydrogen) atoms. The zero-order chi connectivity index (χ0) is 21.8. The van der Waals surface area contributed by atoms with E-state index in [1.807, 2.05) is 48.7 Å². The minimum absolute atomic E-state index is 0.195. The highest BCUT2D eigenvalue weighted by molar-refractivity contribution is 7.09. The number of aryl methyl sites for hydroxylation is 2. The van der Waals surface area contributed by atoms with Crippen molar-refractivity contribution in [2.75, 3.05) is 25.2 Å². The van der Waals surface area contributed by atoms with Crippen LogP contribution in [0.15, 0.2) is 47.8 Å². The molecule has 0 saturated carbocycles. The smallest absolute Gasteiger partial charge is 0.306 e. The van der Waals surface area contributed by atoms with Gasteiger partial charge in [0.1, 0.15) is 5.75 Å². The van der Waals surface area contributed by atoms with Gasteiger partial charge in [-0.2, -0.15) is 0 Å². The van der Waals surface area contributed by atoms with E-state index in [4.69, 9.17) is 9.47 Å². The molecule has 0 N–H and O–H groups in total. The number of methoxy groups -OCH3 is 1. The normalized spacial score (nSPS) is 12.5. The molecular weight excluding hydrogens is 412 g/mol. The van der Waals surface area contributed by atoms with Crippen molar-refractivity contribution in [3.63, 3.8) is 0 Å². The van der Waals surface area contributed by atoms with E-state index in [0.717, 1.165) is 45.2 Å². The quantitative estimate of drug-likeness (QED) is 0.520. The molecule has 1 aromatic heterocycles. The molecule has 0 saturated heterocycles. The monoisotopic (exact) mass is 436 g/mol. The van der Waals surface area contributed by atoms with Crippen molar-refractivity contribution >= 4 is 28.9 Å². The predicted octanol–water partition coefficient (Wildman–Crippen LogP) is 4.19. The zero-order valence-electron chi connectivity index (χ0n) is 17.6. The summed E-state index contributed by atoms with van der Waals surface area (Å²) in [6.45, 7) is 2.32. The molecule has 4 rings (SSSR count). The molecule has 0 unspecified atom stereocenters. The molecule has 6 nitrogen and oxygen atoms in total. The molecule has 0 radical (unpaired) electrons. The Morgan fingerprint density at radius 2 is 2.03 bits per heavy atom. The predicted molar refractivity (Wildman–Crippen MR) is 121 cm³/mol. The van der Waals surface area contributed by atoms with E-state index in [1.165, 1.54) is 0 Å². The summed E-state index contributed by atoms with van der Waals surface area (Å²) in [7, 11) is 1.60. The maximum atomic E-state index is 12.7. The van der Waals surface area contributed by atoms with E-state index in [1.54, 1.807) is 23.3 Å². The van der Waals surface area contributed by atoms with Crippen molar-refractivity contribution in [1.29, 1.82) is 0 Å². The molecule has 0 bridgehead atoms. The Hall–Kier alpha value is -3.19. The van der Waals surface area contributed by atoms with Gasteiger partial charge in [0.05, 0.1) is 17.8 Å². The van der Waals surface area contributed by atoms with Crippen LogP contribution in [-0.4, -0.2) is 37.1 Å². The molecule has 1 aliphatic rings. The van der Waals surface area contributed by atoms with Crippen molar-refractivity contribution in [2.24, 2.45) is 0 Å². The molecule has 2 aromatic carbocycles. The first-order valence-electron chi connectivity index (χ1n) is 10.2. The molecular formula is C24H24N2O4S. The highest BCUT2D eigenvalue weighted by atomic mass is 32.1. The van der Waals surface area contributed by atoms with Crippen molar-refractivity contribution in [3.05, 3.63) is 64.0 Å². The van der Waals surface area contributed by atoms with Crippen LogP contribution in [-0.2, 0) is 27.2 Å². The highest BCUT2D eigenvalue weighted by Gasteiger charge is 2.26. The number of carbonyl (C=O) groups excluding carboxylic acids is 2. The van der Waals surface area contributed by atoms with Crippen LogP contribution in [0, 0.1) is 6.92 Å². The summed E-state index contributed by atoms with van der Waals surface area (Å²) in [4.78, 5) is 31.0. The summed E-state index contributed by atoms with van der Waals surface area (Å²) in [5.74, 6) is 0.141. The Kier molecular flexibility index (Phi) is 6.32. The van der Waals surface area contributed by atoms with Crippen LogP contribution in [0.1, 0.15) is 22.6 Å². The molecule has 1 amide bonds. The average Bonchev–Trinajstić information content (AvgIpc) is 3.42. The second-order valence-corrected chi connectivity index (χ2v) is 8.43. The summed E-state index contributed by atoms with van der Waals surface area (Å²) in [6.07, 6.45) is 1.48. The largest absolute Gasteiger partial charge is 0.496 e. The number of fused-ring (bicyclic) bond motifs is 1. The minimum atomic E-state index is -0.395. The fraction of sp³-hybridized carbons (Fsp3) is 0.292. The van der Waals surface area contributed by atoms with Gasteiger partial charge in [0, 0.05) is 29.6 Å². The Labute approximate surface area is 185 Å². The summed E-state index contributed by atoms with van der Waals surface area (Å²) in [5, 5.41) is 3.07. The van der Waals surface area contributed by atoms with Gasteiger partial charge in [-0.25, -0.2) is 4.98 Å². The van der Waals surface area contributed by atoms with Crippen LogP contribution < -0.4 is 9.64 Å². The molecule has 0 fully saturated rings. The van der Waals surface area contributed by atoms with Gasteiger partial charge in [-0.1, -0.05) is 24.3 Å². The topological polar surface area (TPSA) is 68.7 Å². The molecule has 7 heteroatoms. The van der Waals surface area contributed by atoms with E-state index in [-0.39, 0.29) is 18.9 Å². The number of nitrogens with zero attached hydrogens (tertiary/aromatic N) is 2. The Morgan fingerprint density at radius 3 is 2.81 bits per heavy atom. The first-order valence-corrected chi connectivity index (χ1v) is 11.1. The van der Waals surface area contributed by atoms with E-state index in [0.29, 0.717) is 13.0 Å². The van der Waals surface area contributed by atoms with Gasteiger partial charge in [-0.05, 0) is 49.1 Å². The standard InChI is InChI=1S/C24H24N2O4S/c1-16-25-20(15-31-16)18-7-9-21-19(13-18)11-12-26(21)23(27)14-30-24(28)10-8-17-5-3-4-6-22(17)29-2/h3-7,9,13,15H,8,10-12,14H2,1-2H3. The molecule has 160 valence electrons. The molecule has 2 heterocycles. The Bertz CT molecular complexity index is 1110. The maximum absolute atomic E-state index is 12.7. The summed E-state index contributed by atoms with van der Waals surface area (Å²) < 4.78 is 10.5. The Balaban J connectivity index is 1.32. The third-order valence-corrected chi connectivity index (χ3v) is 6.11. The number of carbonyl (C=O) groups is 2. The van der Waals surface area contributed by atoms with Crippen LogP contribution in [0.2, 0.25) is 0 Å². The number of anilines is 1. The Morgan fingerprint density at radius 1 is 1.19 bits per heavy atom. The van der Waals surface area contributed by atoms with Gasteiger partial charge >= 0.3 is 5.97 Å². The average molecular weight is 437 g/mol. The third-order valence-electron chi connectivity index (χ3n) is 5.34. The zero-order valence-corrected chi connectivity index (χ0v) is 18.4. The van der Waals surface area contributed by atoms with Crippen LogP contribution in [0.3, 0.4) is 0 Å². The third kappa shape index (κ3) is 4.77. The van der Waals surface area contributed by atoms with Gasteiger partial charge < -0.3 is 14.4 Å². The number of esters is 1. The fourth-order valence-corrected chi connectivity index (χ4v) is 4.38. The van der Waals surface area contributed by atoms with E-state index in [2.05, 4.69) is 11.1 Å². The van der Waals surface area contributed by atoms with Crippen molar-refractivity contribution in [3.8, 4) is 17.0 Å². The van der Waals surface area contributed by atoms with E-state index >= 15 is 0 Å². The second kappa shape index (κ2) is 9.31. The highest BCUT2D eigenvalue weighted by Crippen LogP contribution is 2.32. The van der Waals surface area contributed by atoms with Crippen LogP contribution in [0.4, 0.5) is 5.69 Å². The first-order chi connectivity index (χ1) is 15.0. The van der Waals surface area contributed by atoms with Gasteiger partial charge in [0.15, 0.2) is 6.61 Å². The number of hydrogen-bond acceptors (Lipinski definition) is 6. The van der Waals surface area contributed by atoms with E-state index in [9.17, 15) is 9.59 Å². The lowest BCUT2D eigenvalue weighted by Crippen LogP contribution is -2.33. The van der Waals surface area contributed by atoms with Crippen LogP contribution in [0.5, 0.6) is 5.75 Å². The number of aromatic nitrogens is 1. The fourth-order valence-electron chi connectivity index (χ4n) is 3.75. The van der Waals surface area contributed by atoms with Crippen LogP contribution >= 0.6 is 11.3 Å². The SMILES string of the molecule is COc1ccccc1CCC(=O)OCC(=O)N1CCc2cc(-c3csc(C)n3)ccc21. The number of hydrogen-bond donors (Lipinski definition) is 0. The van der Waals surface area contributed by atoms with Gasteiger partial charge in [-0.15, -0.1) is 11.3 Å². The summed E-state index contributed by atoms with van der Waals surface area (Å²) in [6, 6.07) is 13.6. The summed E-state index contributed by atoms with van der Waals surface area (Å²) >= 11 is 1.62. The lowest BCUT2D eigenvalue weighted by Gasteiger charge is -2.17. The molecule has 3 aromatic rings. The maximum Gasteiger partial charge on any atom is 0.306 e. The molecule has 0 aliphatic carbocycles. The van der Waals surface area contributed by atoms with Crippen LogP contribution in [0.25, 0.3) is 11.3 Å². The molecule has 0 spiro atoms. The van der Waals surface area contributed by atoms with Gasteiger partial charge in [0.25, 0.3) is 5.91 Å². The van der Waals surface area contributed by atoms with Gasteiger partial charge in [0.2, 0.25) is 0 Å². The lowest BCUT2D eigenvalue weighted by molar-refractivity contribution is -0.147. The molecule has 1 aliphatic heterocycles. The number of para-hydroxylation sites is 1. The number of amides is 1. The molecule has 0 atom stereocenters. The van der Waals surface area contributed by atoms with Crippen molar-refractivity contribution < 1.29 is 19.1 Å². The number of thiazole rings is 1. The number of benzene rings is 2. The van der Waals surface area contributed by atoms with Crippen molar-refractivity contribution in [1.82, 2.24) is 4.98 Å². The number of rotatable bonds is 7. The van der Waals surface area contributed by atoms with Gasteiger partial charge in [-0.3, -0.25) is 9.59 Å². The lowest BCUT2D eigenvalue weighted by atomic mass is 10.1. The minimum Gasteiger partial charge on any atom is -0.496 e.